The van der Waals surface area contributed by atoms with Crippen molar-refractivity contribution in [2.75, 3.05) is 19.5 Å². The average Bonchev–Trinajstić information content (AvgIpc) is 3.15. The maximum atomic E-state index is 12.7. The number of anilines is 1. The lowest BCUT2D eigenvalue weighted by molar-refractivity contribution is -0.115. The molecule has 1 amide bonds. The number of nitrogens with zero attached hydrogens (tertiary/aromatic N) is 3. The molecule has 2 aromatic carbocycles. The van der Waals surface area contributed by atoms with E-state index in [9.17, 15) is 4.79 Å². The van der Waals surface area contributed by atoms with Gasteiger partial charge in [-0.2, -0.15) is 0 Å². The van der Waals surface area contributed by atoms with Crippen molar-refractivity contribution in [3.05, 3.63) is 53.9 Å². The summed E-state index contributed by atoms with van der Waals surface area (Å²) in [6, 6.07) is 11.4. The molecule has 3 aromatic rings. The van der Waals surface area contributed by atoms with Crippen molar-refractivity contribution in [1.82, 2.24) is 14.8 Å². The number of benzene rings is 2. The van der Waals surface area contributed by atoms with Crippen LogP contribution in [0.25, 0.3) is 5.69 Å². The summed E-state index contributed by atoms with van der Waals surface area (Å²) in [5.74, 6) is 1.02. The normalized spacial score (nSPS) is 11.8. The van der Waals surface area contributed by atoms with Crippen molar-refractivity contribution in [2.24, 2.45) is 0 Å². The van der Waals surface area contributed by atoms with Crippen LogP contribution in [0, 0.1) is 13.8 Å². The van der Waals surface area contributed by atoms with Gasteiger partial charge < -0.3 is 14.8 Å². The fourth-order valence-electron chi connectivity index (χ4n) is 2.92. The van der Waals surface area contributed by atoms with E-state index in [1.807, 2.05) is 30.5 Å². The number of methoxy groups -OCH3 is 2. The van der Waals surface area contributed by atoms with Crippen LogP contribution in [0.3, 0.4) is 0 Å². The monoisotopic (exact) mass is 412 g/mol. The molecule has 0 spiro atoms. The van der Waals surface area contributed by atoms with Gasteiger partial charge in [-0.1, -0.05) is 29.5 Å². The third kappa shape index (κ3) is 4.71. The van der Waals surface area contributed by atoms with Gasteiger partial charge in [0.25, 0.3) is 0 Å². The number of rotatable bonds is 7. The lowest BCUT2D eigenvalue weighted by atomic mass is 10.1. The number of aryl methyl sites for hydroxylation is 2. The van der Waals surface area contributed by atoms with Crippen molar-refractivity contribution in [3.8, 4) is 17.2 Å². The van der Waals surface area contributed by atoms with Gasteiger partial charge in [0.05, 0.1) is 25.2 Å². The van der Waals surface area contributed by atoms with Gasteiger partial charge in [0.15, 0.2) is 16.7 Å². The van der Waals surface area contributed by atoms with Gasteiger partial charge in [-0.05, 0) is 44.5 Å². The van der Waals surface area contributed by atoms with Crippen LogP contribution in [0.2, 0.25) is 0 Å². The quantitative estimate of drug-likeness (QED) is 0.591. The number of nitrogens with one attached hydrogen (secondary N) is 1. The third-order valence-electron chi connectivity index (χ3n) is 4.43. The lowest BCUT2D eigenvalue weighted by Crippen LogP contribution is -2.23. The Morgan fingerprint density at radius 1 is 1.10 bits per heavy atom. The Morgan fingerprint density at radius 2 is 1.86 bits per heavy atom. The van der Waals surface area contributed by atoms with Crippen LogP contribution in [0.4, 0.5) is 5.69 Å². The summed E-state index contributed by atoms with van der Waals surface area (Å²) < 4.78 is 12.4. The number of ether oxygens (including phenoxy) is 2. The molecule has 0 saturated carbocycles. The number of thioether (sulfide) groups is 1. The Morgan fingerprint density at radius 3 is 2.55 bits per heavy atom. The molecule has 3 rings (SSSR count). The molecule has 29 heavy (non-hydrogen) atoms. The Kier molecular flexibility index (Phi) is 6.43. The number of hydrogen-bond acceptors (Lipinski definition) is 6. The molecular formula is C21H24N4O3S. The van der Waals surface area contributed by atoms with E-state index in [2.05, 4.69) is 28.5 Å². The topological polar surface area (TPSA) is 78.3 Å². The van der Waals surface area contributed by atoms with Crippen LogP contribution in [0.1, 0.15) is 18.1 Å². The smallest absolute Gasteiger partial charge is 0.237 e. The van der Waals surface area contributed by atoms with E-state index in [1.165, 1.54) is 17.3 Å². The van der Waals surface area contributed by atoms with Crippen molar-refractivity contribution in [2.45, 2.75) is 31.2 Å². The highest BCUT2D eigenvalue weighted by molar-refractivity contribution is 8.00. The highest BCUT2D eigenvalue weighted by atomic mass is 32.2. The molecule has 7 nitrogen and oxygen atoms in total. The summed E-state index contributed by atoms with van der Waals surface area (Å²) in [5.41, 5.74) is 3.94. The van der Waals surface area contributed by atoms with Crippen molar-refractivity contribution >= 4 is 23.4 Å². The molecule has 0 bridgehead atoms. The van der Waals surface area contributed by atoms with Gasteiger partial charge in [-0.3, -0.25) is 9.36 Å². The van der Waals surface area contributed by atoms with Crippen molar-refractivity contribution < 1.29 is 14.3 Å². The SMILES string of the molecule is COc1ccc(NC(=O)C(C)Sc2nncn2-c2ccc(C)cc2C)cc1OC. The zero-order chi connectivity index (χ0) is 21.0. The standard InChI is InChI=1S/C21H24N4O3S/c1-13-6-8-17(14(2)10-13)25-12-22-24-21(25)29-15(3)20(26)23-16-7-9-18(27-4)19(11-16)28-5/h6-12,15H,1-5H3,(H,23,26). The van der Waals surface area contributed by atoms with Gasteiger partial charge in [-0.15, -0.1) is 10.2 Å². The summed E-state index contributed by atoms with van der Waals surface area (Å²) in [4.78, 5) is 12.7. The van der Waals surface area contributed by atoms with Crippen LogP contribution in [0.5, 0.6) is 11.5 Å². The molecule has 0 aliphatic carbocycles. The van der Waals surface area contributed by atoms with E-state index in [0.29, 0.717) is 22.3 Å². The zero-order valence-electron chi connectivity index (χ0n) is 17.1. The van der Waals surface area contributed by atoms with Crippen molar-refractivity contribution in [3.63, 3.8) is 0 Å². The second-order valence-corrected chi connectivity index (χ2v) is 7.90. The second kappa shape index (κ2) is 9.00. The van der Waals surface area contributed by atoms with Gasteiger partial charge in [-0.25, -0.2) is 0 Å². The minimum atomic E-state index is -0.378. The van der Waals surface area contributed by atoms with Crippen molar-refractivity contribution in [1.29, 1.82) is 0 Å². The summed E-state index contributed by atoms with van der Waals surface area (Å²) in [6.45, 7) is 5.94. The third-order valence-corrected chi connectivity index (χ3v) is 5.49. The largest absolute Gasteiger partial charge is 0.493 e. The number of aromatic nitrogens is 3. The van der Waals surface area contributed by atoms with E-state index >= 15 is 0 Å². The fraction of sp³-hybridized carbons (Fsp3) is 0.286. The summed E-state index contributed by atoms with van der Waals surface area (Å²) in [5, 5.41) is 11.4. The first-order chi connectivity index (χ1) is 13.9. The molecule has 0 aliphatic heterocycles. The molecular weight excluding hydrogens is 388 g/mol. The zero-order valence-corrected chi connectivity index (χ0v) is 17.9. The van der Waals surface area contributed by atoms with E-state index in [4.69, 9.17) is 9.47 Å². The molecule has 152 valence electrons. The molecule has 1 aromatic heterocycles. The molecule has 1 heterocycles. The number of carbonyl (C=O) groups excluding carboxylic acids is 1. The van der Waals surface area contributed by atoms with Crippen LogP contribution in [-0.2, 0) is 4.79 Å². The average molecular weight is 413 g/mol. The first kappa shape index (κ1) is 20.7. The molecule has 0 saturated heterocycles. The number of amides is 1. The van der Waals surface area contributed by atoms with Gasteiger partial charge in [0.2, 0.25) is 5.91 Å². The predicted molar refractivity (Wildman–Crippen MR) is 114 cm³/mol. The molecule has 1 atom stereocenters. The van der Waals surface area contributed by atoms with Gasteiger partial charge in [0, 0.05) is 11.8 Å². The molecule has 1 unspecified atom stereocenters. The second-order valence-electron chi connectivity index (χ2n) is 6.59. The van der Waals surface area contributed by atoms with Crippen LogP contribution < -0.4 is 14.8 Å². The lowest BCUT2D eigenvalue weighted by Gasteiger charge is -2.15. The van der Waals surface area contributed by atoms with E-state index in [-0.39, 0.29) is 11.2 Å². The molecule has 1 N–H and O–H groups in total. The Balaban J connectivity index is 1.73. The van der Waals surface area contributed by atoms with Gasteiger partial charge >= 0.3 is 0 Å². The number of hydrogen-bond donors (Lipinski definition) is 1. The highest BCUT2D eigenvalue weighted by Gasteiger charge is 2.19. The van der Waals surface area contributed by atoms with Crippen LogP contribution in [0.15, 0.2) is 47.9 Å². The Hall–Kier alpha value is -3.00. The Labute approximate surface area is 174 Å². The highest BCUT2D eigenvalue weighted by Crippen LogP contribution is 2.31. The van der Waals surface area contributed by atoms with E-state index in [1.54, 1.807) is 38.7 Å². The predicted octanol–water partition coefficient (Wildman–Crippen LogP) is 4.02. The van der Waals surface area contributed by atoms with E-state index < -0.39 is 0 Å². The van der Waals surface area contributed by atoms with Crippen LogP contribution >= 0.6 is 11.8 Å². The van der Waals surface area contributed by atoms with Gasteiger partial charge in [0.1, 0.15) is 6.33 Å². The maximum absolute atomic E-state index is 12.7. The summed E-state index contributed by atoms with van der Waals surface area (Å²) >= 11 is 1.35. The maximum Gasteiger partial charge on any atom is 0.237 e. The summed E-state index contributed by atoms with van der Waals surface area (Å²) in [6.07, 6.45) is 1.67. The molecule has 0 radical (unpaired) electrons. The first-order valence-corrected chi connectivity index (χ1v) is 9.98. The first-order valence-electron chi connectivity index (χ1n) is 9.10. The van der Waals surface area contributed by atoms with Crippen LogP contribution in [-0.4, -0.2) is 40.1 Å². The Bertz CT molecular complexity index is 1020. The molecule has 0 aliphatic rings. The summed E-state index contributed by atoms with van der Waals surface area (Å²) in [7, 11) is 3.13. The minimum Gasteiger partial charge on any atom is -0.493 e. The van der Waals surface area contributed by atoms with E-state index in [0.717, 1.165) is 11.3 Å². The molecule has 8 heteroatoms. The minimum absolute atomic E-state index is 0.141. The molecule has 0 fully saturated rings. The number of carbonyl (C=O) groups is 1. The fourth-order valence-corrected chi connectivity index (χ4v) is 3.75.